The Labute approximate surface area is 153 Å². The lowest BCUT2D eigenvalue weighted by atomic mass is 10.1. The Bertz CT molecular complexity index is 399. The Morgan fingerprint density at radius 1 is 1.20 bits per heavy atom. The van der Waals surface area contributed by atoms with Gasteiger partial charge in [0.2, 0.25) is 0 Å². The number of nitrogens with two attached hydrogens (primary N) is 1. The summed E-state index contributed by atoms with van der Waals surface area (Å²) in [6, 6.07) is 0. The molecule has 0 aromatic heterocycles. The van der Waals surface area contributed by atoms with Crippen LogP contribution in [-0.4, -0.2) is 72.7 Å². The van der Waals surface area contributed by atoms with Gasteiger partial charge in [0.05, 0.1) is 0 Å². The molecular formula is C16H38N3O5P. The Morgan fingerprint density at radius 3 is 2.00 bits per heavy atom. The molecule has 9 heteroatoms. The first kappa shape index (κ1) is 26.7. The highest BCUT2D eigenvalue weighted by atomic mass is 31.2. The number of piperazine rings is 1. The van der Waals surface area contributed by atoms with Crippen LogP contribution in [0.4, 0.5) is 0 Å². The molecule has 3 N–H and O–H groups in total. The quantitative estimate of drug-likeness (QED) is 0.677. The van der Waals surface area contributed by atoms with Gasteiger partial charge in [0.25, 0.3) is 5.91 Å². The maximum atomic E-state index is 12.4. The van der Waals surface area contributed by atoms with Gasteiger partial charge in [0, 0.05) is 46.5 Å². The molecule has 25 heavy (non-hydrogen) atoms. The summed E-state index contributed by atoms with van der Waals surface area (Å²) in [5.74, 6) is -0.0464. The summed E-state index contributed by atoms with van der Waals surface area (Å²) in [6.45, 7) is 13.9. The van der Waals surface area contributed by atoms with Crippen molar-refractivity contribution in [2.24, 2.45) is 5.50 Å². The molecule has 0 saturated carbocycles. The molecule has 1 amide bonds. The number of nitrogens with zero attached hydrogens (tertiary/aromatic N) is 2. The second-order valence-corrected chi connectivity index (χ2v) is 7.73. The van der Waals surface area contributed by atoms with E-state index in [1.54, 1.807) is 30.3 Å². The van der Waals surface area contributed by atoms with Gasteiger partial charge in [-0.05, 0) is 27.2 Å². The molecule has 1 aliphatic heterocycles. The summed E-state index contributed by atoms with van der Waals surface area (Å²) in [5.41, 5.74) is 4.77. The zero-order valence-electron chi connectivity index (χ0n) is 16.9. The van der Waals surface area contributed by atoms with E-state index in [4.69, 9.17) is 19.9 Å². The van der Waals surface area contributed by atoms with Gasteiger partial charge in [-0.3, -0.25) is 9.36 Å². The summed E-state index contributed by atoms with van der Waals surface area (Å²) in [7, 11) is -1.87. The van der Waals surface area contributed by atoms with E-state index in [-0.39, 0.29) is 12.5 Å². The molecule has 1 heterocycles. The average Bonchev–Trinajstić information content (AvgIpc) is 2.62. The highest BCUT2D eigenvalue weighted by molar-refractivity contribution is 7.53. The summed E-state index contributed by atoms with van der Waals surface area (Å²) < 4.78 is 23.9. The van der Waals surface area contributed by atoms with E-state index in [2.05, 4.69) is 0 Å². The van der Waals surface area contributed by atoms with Gasteiger partial charge in [-0.2, -0.15) is 0 Å². The van der Waals surface area contributed by atoms with Crippen LogP contribution in [0.1, 0.15) is 48.0 Å². The van der Waals surface area contributed by atoms with Crippen molar-refractivity contribution in [1.82, 2.24) is 9.57 Å². The molecule has 0 bridgehead atoms. The van der Waals surface area contributed by atoms with Crippen molar-refractivity contribution in [3.63, 3.8) is 0 Å². The lowest BCUT2D eigenvalue weighted by molar-refractivity contribution is -0.155. The van der Waals surface area contributed by atoms with E-state index in [0.717, 1.165) is 6.42 Å². The van der Waals surface area contributed by atoms with Crippen molar-refractivity contribution in [2.45, 2.75) is 53.6 Å². The summed E-state index contributed by atoms with van der Waals surface area (Å²) in [4.78, 5) is 14.1. The molecule has 0 aromatic rings. The van der Waals surface area contributed by atoms with E-state index < -0.39 is 13.3 Å². The van der Waals surface area contributed by atoms with Crippen LogP contribution < -0.4 is 5.50 Å². The van der Waals surface area contributed by atoms with Gasteiger partial charge in [-0.15, -0.1) is 0 Å². The van der Waals surface area contributed by atoms with E-state index in [1.165, 1.54) is 7.11 Å². The van der Waals surface area contributed by atoms with Crippen LogP contribution >= 0.6 is 7.67 Å². The molecule has 1 rings (SSSR count). The Balaban J connectivity index is 0. The minimum Gasteiger partial charge on any atom is -0.397 e. The van der Waals surface area contributed by atoms with Gasteiger partial charge in [0.1, 0.15) is 5.60 Å². The number of aliphatic hydroxyl groups is 1. The number of amides is 1. The van der Waals surface area contributed by atoms with Gasteiger partial charge in [-0.25, -0.2) is 10.2 Å². The number of hydrogen-bond donors (Lipinski definition) is 2. The first-order valence-corrected chi connectivity index (χ1v) is 10.5. The lowest BCUT2D eigenvalue weighted by Gasteiger charge is -2.39. The zero-order valence-corrected chi connectivity index (χ0v) is 17.8. The van der Waals surface area contributed by atoms with Crippen LogP contribution in [0.3, 0.4) is 0 Å². The summed E-state index contributed by atoms with van der Waals surface area (Å²) in [5, 5.41) is 7.57. The molecule has 0 spiro atoms. The molecule has 1 fully saturated rings. The maximum Gasteiger partial charge on any atom is 0.340 e. The van der Waals surface area contributed by atoms with Gasteiger partial charge >= 0.3 is 7.67 Å². The fraction of sp³-hybridized carbons (Fsp3) is 0.938. The Morgan fingerprint density at radius 2 is 1.64 bits per heavy atom. The monoisotopic (exact) mass is 383 g/mol. The zero-order chi connectivity index (χ0) is 20.1. The Hall–Kier alpha value is -0.500. The predicted octanol–water partition coefficient (Wildman–Crippen LogP) is 2.07. The lowest BCUT2D eigenvalue weighted by Crippen LogP contribution is -2.54. The second-order valence-electron chi connectivity index (χ2n) is 5.67. The topological polar surface area (TPSA) is 105 Å². The van der Waals surface area contributed by atoms with Crippen molar-refractivity contribution in [3.05, 3.63) is 0 Å². The van der Waals surface area contributed by atoms with Crippen molar-refractivity contribution in [1.29, 1.82) is 0 Å². The fourth-order valence-electron chi connectivity index (χ4n) is 2.09. The molecule has 0 aromatic carbocycles. The van der Waals surface area contributed by atoms with E-state index >= 15 is 0 Å². The van der Waals surface area contributed by atoms with E-state index in [1.807, 2.05) is 20.8 Å². The molecular weight excluding hydrogens is 345 g/mol. The number of carbonyl (C=O) groups is 1. The number of ether oxygens (including phenoxy) is 1. The van der Waals surface area contributed by atoms with Crippen molar-refractivity contribution in [3.8, 4) is 0 Å². The molecule has 1 saturated heterocycles. The number of hydrogen-bond acceptors (Lipinski definition) is 5. The van der Waals surface area contributed by atoms with Crippen LogP contribution in [0.25, 0.3) is 0 Å². The van der Waals surface area contributed by atoms with Gasteiger partial charge < -0.3 is 19.3 Å². The second kappa shape index (κ2) is 13.7. The van der Waals surface area contributed by atoms with Gasteiger partial charge in [0.15, 0.2) is 0 Å². The van der Waals surface area contributed by atoms with E-state index in [0.29, 0.717) is 32.8 Å². The minimum atomic E-state index is -3.20. The fourth-order valence-corrected chi connectivity index (χ4v) is 3.06. The maximum absolute atomic E-state index is 12.4. The van der Waals surface area contributed by atoms with Crippen LogP contribution in [0, 0.1) is 0 Å². The van der Waals surface area contributed by atoms with Crippen LogP contribution in [0.5, 0.6) is 0 Å². The molecule has 0 aliphatic carbocycles. The summed E-state index contributed by atoms with van der Waals surface area (Å²) in [6.07, 6.45) is 0.870. The molecule has 1 unspecified atom stereocenters. The predicted molar refractivity (Wildman–Crippen MR) is 101 cm³/mol. The SMILES string of the molecule is CC.CCCOC(C)(C)C(=O)N1CCN(P(N)(=O)OC)CC1.CCO. The molecule has 1 atom stereocenters. The van der Waals surface area contributed by atoms with E-state index in [9.17, 15) is 9.36 Å². The third-order valence-corrected chi connectivity index (χ3v) is 5.09. The largest absolute Gasteiger partial charge is 0.397 e. The number of carbonyl (C=O) groups excluding carboxylic acids is 1. The summed E-state index contributed by atoms with van der Waals surface area (Å²) >= 11 is 0. The average molecular weight is 383 g/mol. The third kappa shape index (κ3) is 9.68. The van der Waals surface area contributed by atoms with Crippen molar-refractivity contribution in [2.75, 3.05) is 46.5 Å². The number of aliphatic hydroxyl groups excluding tert-OH is 1. The van der Waals surface area contributed by atoms with Crippen LogP contribution in [-0.2, 0) is 18.6 Å². The minimum absolute atomic E-state index is 0.0464. The first-order chi connectivity index (χ1) is 11.7. The molecule has 0 radical (unpaired) electrons. The first-order valence-electron chi connectivity index (χ1n) is 8.90. The Kier molecular flexibility index (Phi) is 14.6. The van der Waals surface area contributed by atoms with Crippen LogP contribution in [0.2, 0.25) is 0 Å². The molecule has 8 nitrogen and oxygen atoms in total. The smallest absolute Gasteiger partial charge is 0.340 e. The molecule has 152 valence electrons. The highest BCUT2D eigenvalue weighted by Gasteiger charge is 2.37. The normalized spacial score (nSPS) is 17.6. The highest BCUT2D eigenvalue weighted by Crippen LogP contribution is 2.41. The van der Waals surface area contributed by atoms with Crippen molar-refractivity contribution >= 4 is 13.6 Å². The number of rotatable bonds is 6. The molecule has 1 aliphatic rings. The van der Waals surface area contributed by atoms with Gasteiger partial charge in [-0.1, -0.05) is 20.8 Å². The third-order valence-electron chi connectivity index (χ3n) is 3.38. The standard InChI is InChI=1S/C12H26N3O4P.C2H6O.C2H6/c1-5-10-19-12(2,3)11(16)14-6-8-15(9-7-14)20(13,17)18-4;1-2-3;1-2/h5-10H2,1-4H3,(H2,13,17);3H,2H2,1H3;1-2H3. The van der Waals surface area contributed by atoms with Crippen molar-refractivity contribution < 1.29 is 23.7 Å². The van der Waals surface area contributed by atoms with Crippen LogP contribution in [0.15, 0.2) is 0 Å².